The van der Waals surface area contributed by atoms with Gasteiger partial charge in [-0.25, -0.2) is 8.78 Å². The Kier molecular flexibility index (Phi) is 4.27. The zero-order valence-electron chi connectivity index (χ0n) is 10.3. The standard InChI is InChI=1S/C13H17F2NO2/c1-9-8-18-12(7-17)6-16(9)5-10-4-11(14)2-3-13(10)15/h2-4,9,12,17H,5-8H2,1H3. The molecule has 1 aromatic rings. The first kappa shape index (κ1) is 13.4. The third-order valence-corrected chi connectivity index (χ3v) is 3.22. The molecule has 1 saturated heterocycles. The van der Waals surface area contributed by atoms with Gasteiger partial charge in [0.05, 0.1) is 19.3 Å². The summed E-state index contributed by atoms with van der Waals surface area (Å²) in [5.41, 5.74) is 0.334. The van der Waals surface area contributed by atoms with E-state index in [4.69, 9.17) is 9.84 Å². The Hall–Kier alpha value is -1.04. The Morgan fingerprint density at radius 1 is 1.44 bits per heavy atom. The van der Waals surface area contributed by atoms with Gasteiger partial charge in [-0.05, 0) is 25.1 Å². The molecule has 1 aromatic carbocycles. The maximum Gasteiger partial charge on any atom is 0.127 e. The number of halogens is 2. The maximum atomic E-state index is 13.6. The summed E-state index contributed by atoms with van der Waals surface area (Å²) in [5.74, 6) is -0.846. The molecule has 1 N–H and O–H groups in total. The van der Waals surface area contributed by atoms with E-state index in [1.807, 2.05) is 11.8 Å². The molecule has 0 bridgehead atoms. The zero-order chi connectivity index (χ0) is 13.1. The number of nitrogens with zero attached hydrogens (tertiary/aromatic N) is 1. The quantitative estimate of drug-likeness (QED) is 0.891. The van der Waals surface area contributed by atoms with E-state index in [1.54, 1.807) is 0 Å². The van der Waals surface area contributed by atoms with E-state index in [9.17, 15) is 8.78 Å². The van der Waals surface area contributed by atoms with Crippen LogP contribution in [0.4, 0.5) is 8.78 Å². The summed E-state index contributed by atoms with van der Waals surface area (Å²) in [4.78, 5) is 1.99. The minimum Gasteiger partial charge on any atom is -0.394 e. The lowest BCUT2D eigenvalue weighted by molar-refractivity contribution is -0.0808. The molecule has 1 aliphatic rings. The first-order valence-corrected chi connectivity index (χ1v) is 6.00. The fraction of sp³-hybridized carbons (Fsp3) is 0.538. The number of ether oxygens (including phenoxy) is 1. The van der Waals surface area contributed by atoms with Gasteiger partial charge in [0.2, 0.25) is 0 Å². The van der Waals surface area contributed by atoms with Crippen molar-refractivity contribution < 1.29 is 18.6 Å². The number of rotatable bonds is 3. The van der Waals surface area contributed by atoms with Crippen molar-refractivity contribution in [2.24, 2.45) is 0 Å². The molecule has 0 aromatic heterocycles. The van der Waals surface area contributed by atoms with Crippen LogP contribution in [-0.2, 0) is 11.3 Å². The van der Waals surface area contributed by atoms with Crippen LogP contribution >= 0.6 is 0 Å². The van der Waals surface area contributed by atoms with E-state index in [2.05, 4.69) is 0 Å². The summed E-state index contributed by atoms with van der Waals surface area (Å²) >= 11 is 0. The smallest absolute Gasteiger partial charge is 0.127 e. The summed E-state index contributed by atoms with van der Waals surface area (Å²) in [5, 5.41) is 9.07. The van der Waals surface area contributed by atoms with E-state index in [0.717, 1.165) is 12.1 Å². The highest BCUT2D eigenvalue weighted by Crippen LogP contribution is 2.18. The molecular weight excluding hydrogens is 240 g/mol. The van der Waals surface area contributed by atoms with Crippen LogP contribution in [-0.4, -0.2) is 41.9 Å². The summed E-state index contributed by atoms with van der Waals surface area (Å²) in [6.07, 6.45) is -0.252. The maximum absolute atomic E-state index is 13.6. The largest absolute Gasteiger partial charge is 0.394 e. The van der Waals surface area contributed by atoms with Crippen LogP contribution in [0, 0.1) is 11.6 Å². The minimum absolute atomic E-state index is 0.0607. The SMILES string of the molecule is CC1COC(CO)CN1Cc1cc(F)ccc1F. The topological polar surface area (TPSA) is 32.7 Å². The zero-order valence-corrected chi connectivity index (χ0v) is 10.3. The van der Waals surface area contributed by atoms with Crippen molar-refractivity contribution >= 4 is 0 Å². The van der Waals surface area contributed by atoms with Gasteiger partial charge >= 0.3 is 0 Å². The molecule has 1 heterocycles. The molecule has 1 fully saturated rings. The van der Waals surface area contributed by atoms with Crippen molar-refractivity contribution in [1.82, 2.24) is 4.90 Å². The summed E-state index contributed by atoms with van der Waals surface area (Å²) < 4.78 is 32.1. The molecule has 0 saturated carbocycles. The molecule has 18 heavy (non-hydrogen) atoms. The molecular formula is C13H17F2NO2. The molecule has 2 unspecified atom stereocenters. The summed E-state index contributed by atoms with van der Waals surface area (Å²) in [6.45, 7) is 3.24. The first-order valence-electron chi connectivity index (χ1n) is 6.00. The van der Waals surface area contributed by atoms with Crippen LogP contribution in [0.15, 0.2) is 18.2 Å². The molecule has 100 valence electrons. The fourth-order valence-corrected chi connectivity index (χ4v) is 2.09. The Morgan fingerprint density at radius 3 is 2.94 bits per heavy atom. The molecule has 0 spiro atoms. The summed E-state index contributed by atoms with van der Waals surface area (Å²) in [6, 6.07) is 3.58. The molecule has 2 atom stereocenters. The second kappa shape index (κ2) is 5.73. The van der Waals surface area contributed by atoms with Crippen LogP contribution in [0.2, 0.25) is 0 Å². The minimum atomic E-state index is -0.439. The van der Waals surface area contributed by atoms with Crippen LogP contribution in [0.3, 0.4) is 0 Å². The van der Waals surface area contributed by atoms with Crippen molar-refractivity contribution in [1.29, 1.82) is 0 Å². The van der Waals surface area contributed by atoms with E-state index < -0.39 is 11.6 Å². The van der Waals surface area contributed by atoms with E-state index in [1.165, 1.54) is 6.07 Å². The van der Waals surface area contributed by atoms with Crippen LogP contribution in [0.5, 0.6) is 0 Å². The van der Waals surface area contributed by atoms with Crippen molar-refractivity contribution in [3.05, 3.63) is 35.4 Å². The van der Waals surface area contributed by atoms with Crippen molar-refractivity contribution in [2.75, 3.05) is 19.8 Å². The Morgan fingerprint density at radius 2 is 2.22 bits per heavy atom. The van der Waals surface area contributed by atoms with Crippen LogP contribution in [0.1, 0.15) is 12.5 Å². The van der Waals surface area contributed by atoms with Gasteiger partial charge in [0, 0.05) is 24.7 Å². The number of hydrogen-bond donors (Lipinski definition) is 1. The lowest BCUT2D eigenvalue weighted by Gasteiger charge is -2.37. The molecule has 0 radical (unpaired) electrons. The monoisotopic (exact) mass is 257 g/mol. The van der Waals surface area contributed by atoms with Gasteiger partial charge in [-0.15, -0.1) is 0 Å². The lowest BCUT2D eigenvalue weighted by Crippen LogP contribution is -2.48. The van der Waals surface area contributed by atoms with Gasteiger partial charge in [-0.3, -0.25) is 4.90 Å². The summed E-state index contributed by atoms with van der Waals surface area (Å²) in [7, 11) is 0. The molecule has 2 rings (SSSR count). The van der Waals surface area contributed by atoms with Gasteiger partial charge in [-0.2, -0.15) is 0 Å². The Bertz CT molecular complexity index is 414. The predicted molar refractivity (Wildman–Crippen MR) is 63.1 cm³/mol. The van der Waals surface area contributed by atoms with Gasteiger partial charge < -0.3 is 9.84 Å². The molecule has 3 nitrogen and oxygen atoms in total. The third-order valence-electron chi connectivity index (χ3n) is 3.22. The number of aliphatic hydroxyl groups is 1. The van der Waals surface area contributed by atoms with Gasteiger partial charge in [0.1, 0.15) is 11.6 Å². The first-order chi connectivity index (χ1) is 8.60. The second-order valence-corrected chi connectivity index (χ2v) is 4.65. The number of benzene rings is 1. The fourth-order valence-electron chi connectivity index (χ4n) is 2.09. The molecule has 5 heteroatoms. The highest BCUT2D eigenvalue weighted by molar-refractivity contribution is 5.18. The van der Waals surface area contributed by atoms with E-state index in [-0.39, 0.29) is 18.8 Å². The molecule has 1 aliphatic heterocycles. The van der Waals surface area contributed by atoms with Crippen molar-refractivity contribution in [2.45, 2.75) is 25.6 Å². The van der Waals surface area contributed by atoms with Crippen LogP contribution in [0.25, 0.3) is 0 Å². The highest BCUT2D eigenvalue weighted by Gasteiger charge is 2.26. The Balaban J connectivity index is 2.09. The van der Waals surface area contributed by atoms with Gasteiger partial charge in [-0.1, -0.05) is 0 Å². The number of morpholine rings is 1. The second-order valence-electron chi connectivity index (χ2n) is 4.65. The molecule has 0 amide bonds. The van der Waals surface area contributed by atoms with E-state index in [0.29, 0.717) is 25.3 Å². The van der Waals surface area contributed by atoms with Crippen molar-refractivity contribution in [3.8, 4) is 0 Å². The van der Waals surface area contributed by atoms with E-state index >= 15 is 0 Å². The Labute approximate surface area is 105 Å². The average molecular weight is 257 g/mol. The normalized spacial score (nSPS) is 25.3. The van der Waals surface area contributed by atoms with Crippen LogP contribution < -0.4 is 0 Å². The van der Waals surface area contributed by atoms with Gasteiger partial charge in [0.15, 0.2) is 0 Å². The predicted octanol–water partition coefficient (Wildman–Crippen LogP) is 1.55. The lowest BCUT2D eigenvalue weighted by atomic mass is 10.1. The molecule has 0 aliphatic carbocycles. The third kappa shape index (κ3) is 3.04. The van der Waals surface area contributed by atoms with Crippen molar-refractivity contribution in [3.63, 3.8) is 0 Å². The van der Waals surface area contributed by atoms with Gasteiger partial charge in [0.25, 0.3) is 0 Å². The highest BCUT2D eigenvalue weighted by atomic mass is 19.1. The average Bonchev–Trinajstić information content (AvgIpc) is 2.36. The number of hydrogen-bond acceptors (Lipinski definition) is 3. The number of aliphatic hydroxyl groups excluding tert-OH is 1.